The maximum Gasteiger partial charge on any atom is 0.293 e. The summed E-state index contributed by atoms with van der Waals surface area (Å²) in [6, 6.07) is 13.4. The molecule has 0 saturated carbocycles. The number of nitrogens with one attached hydrogen (secondary N) is 1. The van der Waals surface area contributed by atoms with E-state index in [9.17, 15) is 10.1 Å². The van der Waals surface area contributed by atoms with Crippen LogP contribution in [0.1, 0.15) is 5.56 Å². The third-order valence-electron chi connectivity index (χ3n) is 3.07. The van der Waals surface area contributed by atoms with Crippen LogP contribution in [0, 0.1) is 21.4 Å². The van der Waals surface area contributed by atoms with E-state index < -0.39 is 4.92 Å². The first-order chi connectivity index (χ1) is 11.2. The van der Waals surface area contributed by atoms with E-state index in [1.54, 1.807) is 19.2 Å². The quantitative estimate of drug-likeness (QED) is 0.479. The molecule has 2 aromatic carbocycles. The van der Waals surface area contributed by atoms with Gasteiger partial charge in [0.2, 0.25) is 0 Å². The van der Waals surface area contributed by atoms with E-state index in [0.717, 1.165) is 0 Å². The summed E-state index contributed by atoms with van der Waals surface area (Å²) in [5, 5.41) is 22.8. The van der Waals surface area contributed by atoms with Crippen molar-refractivity contribution in [1.29, 1.82) is 5.26 Å². The summed E-state index contributed by atoms with van der Waals surface area (Å²) in [5.41, 5.74) is 0.450. The molecule has 0 amide bonds. The Balaban J connectivity index is 1.97. The molecule has 0 atom stereocenters. The maximum absolute atomic E-state index is 11.0. The first-order valence-electron chi connectivity index (χ1n) is 6.84. The molecule has 2 rings (SSSR count). The van der Waals surface area contributed by atoms with Crippen molar-refractivity contribution in [1.82, 2.24) is 0 Å². The molecule has 0 unspecified atom stereocenters. The minimum Gasteiger partial charge on any atom is -0.493 e. The van der Waals surface area contributed by atoms with Crippen LogP contribution in [-0.2, 0) is 0 Å². The number of hydrogen-bond acceptors (Lipinski definition) is 6. The Labute approximate surface area is 133 Å². The van der Waals surface area contributed by atoms with Gasteiger partial charge < -0.3 is 14.8 Å². The van der Waals surface area contributed by atoms with Gasteiger partial charge in [-0.15, -0.1) is 0 Å². The fourth-order valence-electron chi connectivity index (χ4n) is 1.99. The number of nitro benzene ring substituents is 1. The Hall–Kier alpha value is -3.27. The van der Waals surface area contributed by atoms with Crippen LogP contribution >= 0.6 is 0 Å². The van der Waals surface area contributed by atoms with Gasteiger partial charge in [0.15, 0.2) is 11.5 Å². The molecular weight excluding hydrogens is 298 g/mol. The maximum atomic E-state index is 11.0. The highest BCUT2D eigenvalue weighted by atomic mass is 16.6. The fourth-order valence-corrected chi connectivity index (χ4v) is 1.99. The number of methoxy groups -OCH3 is 1. The molecule has 23 heavy (non-hydrogen) atoms. The molecule has 0 heterocycles. The summed E-state index contributed by atoms with van der Waals surface area (Å²) in [4.78, 5) is 10.5. The second-order valence-corrected chi connectivity index (χ2v) is 4.53. The summed E-state index contributed by atoms with van der Waals surface area (Å²) < 4.78 is 10.8. The molecular formula is C16H15N3O4. The second-order valence-electron chi connectivity index (χ2n) is 4.53. The van der Waals surface area contributed by atoms with Crippen molar-refractivity contribution in [2.75, 3.05) is 25.6 Å². The number of hydrogen-bond donors (Lipinski definition) is 1. The highest BCUT2D eigenvalue weighted by Crippen LogP contribution is 2.27. The van der Waals surface area contributed by atoms with Crippen molar-refractivity contribution in [2.45, 2.75) is 0 Å². The molecule has 2 aromatic rings. The lowest BCUT2D eigenvalue weighted by Gasteiger charge is -2.11. The summed E-state index contributed by atoms with van der Waals surface area (Å²) in [6.45, 7) is 0.669. The Morgan fingerprint density at radius 2 is 2.00 bits per heavy atom. The van der Waals surface area contributed by atoms with Gasteiger partial charge in [-0.25, -0.2) is 0 Å². The zero-order valence-corrected chi connectivity index (χ0v) is 12.5. The summed E-state index contributed by atoms with van der Waals surface area (Å²) in [6.07, 6.45) is 0. The van der Waals surface area contributed by atoms with Gasteiger partial charge >= 0.3 is 0 Å². The van der Waals surface area contributed by atoms with Crippen molar-refractivity contribution in [3.8, 4) is 17.6 Å². The van der Waals surface area contributed by atoms with Crippen molar-refractivity contribution in [2.24, 2.45) is 0 Å². The molecule has 0 saturated heterocycles. The predicted molar refractivity (Wildman–Crippen MR) is 84.8 cm³/mol. The Morgan fingerprint density at radius 1 is 1.26 bits per heavy atom. The smallest absolute Gasteiger partial charge is 0.293 e. The van der Waals surface area contributed by atoms with Gasteiger partial charge in [-0.05, 0) is 24.3 Å². The molecule has 0 aliphatic carbocycles. The minimum atomic E-state index is -0.524. The van der Waals surface area contributed by atoms with E-state index in [2.05, 4.69) is 5.32 Å². The molecule has 7 nitrogen and oxygen atoms in total. The van der Waals surface area contributed by atoms with E-state index >= 15 is 0 Å². The van der Waals surface area contributed by atoms with E-state index in [-0.39, 0.29) is 11.3 Å². The Kier molecular flexibility index (Phi) is 5.36. The lowest BCUT2D eigenvalue weighted by atomic mass is 10.2. The molecule has 0 fully saturated rings. The zero-order chi connectivity index (χ0) is 16.7. The third-order valence-corrected chi connectivity index (χ3v) is 3.07. The van der Waals surface area contributed by atoms with E-state index in [1.165, 1.54) is 18.2 Å². The number of nitro groups is 1. The van der Waals surface area contributed by atoms with E-state index in [0.29, 0.717) is 30.3 Å². The molecule has 7 heteroatoms. The lowest BCUT2D eigenvalue weighted by Crippen LogP contribution is -2.13. The first-order valence-corrected chi connectivity index (χ1v) is 6.84. The zero-order valence-electron chi connectivity index (χ0n) is 12.5. The highest BCUT2D eigenvalue weighted by Gasteiger charge is 2.14. The van der Waals surface area contributed by atoms with Crippen LogP contribution in [0.25, 0.3) is 0 Å². The molecule has 0 aliphatic rings. The third kappa shape index (κ3) is 4.11. The first kappa shape index (κ1) is 16.1. The monoisotopic (exact) mass is 313 g/mol. The average molecular weight is 313 g/mol. The van der Waals surface area contributed by atoms with E-state index in [1.807, 2.05) is 18.2 Å². The van der Waals surface area contributed by atoms with Gasteiger partial charge in [0.05, 0.1) is 23.7 Å². The van der Waals surface area contributed by atoms with Crippen molar-refractivity contribution in [3.63, 3.8) is 0 Å². The molecule has 0 aliphatic heterocycles. The van der Waals surface area contributed by atoms with Crippen molar-refractivity contribution < 1.29 is 14.4 Å². The van der Waals surface area contributed by atoms with Gasteiger partial charge in [0, 0.05) is 12.6 Å². The van der Waals surface area contributed by atoms with Gasteiger partial charge in [0.1, 0.15) is 12.3 Å². The van der Waals surface area contributed by atoms with Crippen LogP contribution < -0.4 is 14.8 Å². The van der Waals surface area contributed by atoms with Crippen LogP contribution in [0.4, 0.5) is 11.4 Å². The number of nitrogens with zero attached hydrogens (tertiary/aromatic N) is 2. The minimum absolute atomic E-state index is 0.138. The fraction of sp³-hybridized carbons (Fsp3) is 0.188. The number of benzene rings is 2. The molecule has 1 N–H and O–H groups in total. The number of ether oxygens (including phenoxy) is 2. The number of anilines is 1. The van der Waals surface area contributed by atoms with Crippen LogP contribution in [0.3, 0.4) is 0 Å². The number of para-hydroxylation sites is 2. The van der Waals surface area contributed by atoms with Crippen LogP contribution in [0.2, 0.25) is 0 Å². The van der Waals surface area contributed by atoms with Crippen molar-refractivity contribution >= 4 is 11.4 Å². The molecule has 0 spiro atoms. The summed E-state index contributed by atoms with van der Waals surface area (Å²) in [5.74, 6) is 1.22. The largest absolute Gasteiger partial charge is 0.493 e. The normalized spacial score (nSPS) is 9.74. The van der Waals surface area contributed by atoms with E-state index in [4.69, 9.17) is 14.7 Å². The molecule has 0 radical (unpaired) electrons. The lowest BCUT2D eigenvalue weighted by molar-refractivity contribution is -0.384. The molecule has 0 aromatic heterocycles. The number of nitriles is 1. The van der Waals surface area contributed by atoms with Crippen LogP contribution in [0.5, 0.6) is 11.5 Å². The van der Waals surface area contributed by atoms with Crippen molar-refractivity contribution in [3.05, 3.63) is 58.1 Å². The van der Waals surface area contributed by atoms with Crippen LogP contribution in [0.15, 0.2) is 42.5 Å². The second kappa shape index (κ2) is 7.66. The Morgan fingerprint density at radius 3 is 2.65 bits per heavy atom. The standard InChI is InChI=1S/C16H15N3O4/c1-22-15-4-2-3-5-16(15)23-9-8-18-13-7-6-12(11-17)10-14(13)19(20)21/h2-7,10,18H,8-9H2,1H3. The van der Waals surface area contributed by atoms with Gasteiger partial charge in [0.25, 0.3) is 5.69 Å². The Bertz CT molecular complexity index is 740. The highest BCUT2D eigenvalue weighted by molar-refractivity contribution is 5.64. The van der Waals surface area contributed by atoms with Gasteiger partial charge in [-0.1, -0.05) is 12.1 Å². The topological polar surface area (TPSA) is 97.4 Å². The molecule has 0 bridgehead atoms. The van der Waals surface area contributed by atoms with Crippen LogP contribution in [-0.4, -0.2) is 25.2 Å². The summed E-state index contributed by atoms with van der Waals surface area (Å²) >= 11 is 0. The molecule has 118 valence electrons. The summed E-state index contributed by atoms with van der Waals surface area (Å²) in [7, 11) is 1.56. The average Bonchev–Trinajstić information content (AvgIpc) is 2.58. The van der Waals surface area contributed by atoms with Gasteiger partial charge in [-0.2, -0.15) is 5.26 Å². The number of rotatable bonds is 7. The van der Waals surface area contributed by atoms with Gasteiger partial charge in [-0.3, -0.25) is 10.1 Å². The predicted octanol–water partition coefficient (Wildman–Crippen LogP) is 2.97. The SMILES string of the molecule is COc1ccccc1OCCNc1ccc(C#N)cc1[N+](=O)[O-].